The van der Waals surface area contributed by atoms with Crippen LogP contribution in [-0.4, -0.2) is 35.5 Å². The van der Waals surface area contributed by atoms with Crippen molar-refractivity contribution in [1.82, 2.24) is 0 Å². The second-order valence-corrected chi connectivity index (χ2v) is 6.83. The summed E-state index contributed by atoms with van der Waals surface area (Å²) in [5, 5.41) is 0. The van der Waals surface area contributed by atoms with E-state index in [1.807, 2.05) is 6.92 Å². The molecule has 0 bridgehead atoms. The van der Waals surface area contributed by atoms with Crippen molar-refractivity contribution in [2.75, 3.05) is 0 Å². The van der Waals surface area contributed by atoms with Crippen LogP contribution < -0.4 is 0 Å². The highest BCUT2D eigenvalue weighted by Gasteiger charge is 2.60. The van der Waals surface area contributed by atoms with E-state index >= 15 is 0 Å². The highest BCUT2D eigenvalue weighted by Crippen LogP contribution is 2.53. The number of ether oxygens (including phenoxy) is 3. The molecule has 3 aliphatic heterocycles. The Kier molecular flexibility index (Phi) is 2.14. The lowest BCUT2D eigenvalue weighted by atomic mass is 9.85. The quantitative estimate of drug-likeness (QED) is 0.497. The van der Waals surface area contributed by atoms with E-state index in [0.29, 0.717) is 6.10 Å². The molecule has 4 heteroatoms. The molecule has 4 rings (SSSR count). The van der Waals surface area contributed by atoms with Gasteiger partial charge in [0.2, 0.25) is 0 Å². The molecule has 0 amide bonds. The predicted molar refractivity (Wildman–Crippen MR) is 67.6 cm³/mol. The summed E-state index contributed by atoms with van der Waals surface area (Å²) in [5.74, 6) is -0.164. The molecule has 4 nitrogen and oxygen atoms in total. The van der Waals surface area contributed by atoms with E-state index in [0.717, 1.165) is 36.8 Å². The molecule has 1 aliphatic carbocycles. The van der Waals surface area contributed by atoms with Crippen molar-refractivity contribution in [3.63, 3.8) is 0 Å². The number of rotatable bonds is 0. The van der Waals surface area contributed by atoms with Gasteiger partial charge in [-0.05, 0) is 39.2 Å². The van der Waals surface area contributed by atoms with E-state index in [-0.39, 0.29) is 29.4 Å². The highest BCUT2D eigenvalue weighted by atomic mass is 16.6. The first kappa shape index (κ1) is 11.9. The summed E-state index contributed by atoms with van der Waals surface area (Å²) in [4.78, 5) is 11.8. The SMILES string of the molecule is CC1=C2C[C@H]3O[C@]3(C)CC[C@H]3O[C@]3(C)C[C@@H]2OC1=O. The summed E-state index contributed by atoms with van der Waals surface area (Å²) in [5.41, 5.74) is 1.78. The van der Waals surface area contributed by atoms with Gasteiger partial charge < -0.3 is 14.2 Å². The van der Waals surface area contributed by atoms with Crippen LogP contribution in [0, 0.1) is 0 Å². The molecule has 4 aliphatic rings. The van der Waals surface area contributed by atoms with E-state index in [1.165, 1.54) is 0 Å². The van der Waals surface area contributed by atoms with Crippen LogP contribution in [0.25, 0.3) is 0 Å². The van der Waals surface area contributed by atoms with Crippen LogP contribution in [0.4, 0.5) is 0 Å². The summed E-state index contributed by atoms with van der Waals surface area (Å²) in [6.07, 6.45) is 4.16. The maximum atomic E-state index is 11.8. The van der Waals surface area contributed by atoms with Crippen molar-refractivity contribution < 1.29 is 19.0 Å². The van der Waals surface area contributed by atoms with Gasteiger partial charge in [0, 0.05) is 18.4 Å². The Hall–Kier alpha value is -0.870. The first-order valence-electron chi connectivity index (χ1n) is 7.18. The standard InChI is InChI=1S/C15H20O4/c1-8-9-6-12-14(2,19-12)5-4-11-15(3,18-11)7-10(9)17-13(8)16/h10-12H,4-7H2,1-3H3/t10-,11+,12+,14+,15+/m0/s1. The van der Waals surface area contributed by atoms with Crippen molar-refractivity contribution in [1.29, 1.82) is 0 Å². The molecule has 0 spiro atoms. The van der Waals surface area contributed by atoms with E-state index in [2.05, 4.69) is 13.8 Å². The molecule has 0 aromatic carbocycles. The third-order valence-electron chi connectivity index (χ3n) is 5.40. The van der Waals surface area contributed by atoms with Crippen LogP contribution in [0.5, 0.6) is 0 Å². The van der Waals surface area contributed by atoms with Crippen molar-refractivity contribution >= 4 is 5.97 Å². The van der Waals surface area contributed by atoms with Gasteiger partial charge >= 0.3 is 5.97 Å². The summed E-state index contributed by atoms with van der Waals surface area (Å²) in [7, 11) is 0. The molecule has 19 heavy (non-hydrogen) atoms. The molecule has 3 heterocycles. The summed E-state index contributed by atoms with van der Waals surface area (Å²) < 4.78 is 17.3. The van der Waals surface area contributed by atoms with E-state index < -0.39 is 0 Å². The van der Waals surface area contributed by atoms with Crippen molar-refractivity contribution in [3.05, 3.63) is 11.1 Å². The lowest BCUT2D eigenvalue weighted by Crippen LogP contribution is -2.25. The van der Waals surface area contributed by atoms with Gasteiger partial charge in [-0.3, -0.25) is 0 Å². The lowest BCUT2D eigenvalue weighted by Gasteiger charge is -2.18. The van der Waals surface area contributed by atoms with Crippen LogP contribution >= 0.6 is 0 Å². The molecule has 0 aromatic rings. The Bertz CT molecular complexity index is 496. The molecule has 1 saturated carbocycles. The Morgan fingerprint density at radius 3 is 2.68 bits per heavy atom. The van der Waals surface area contributed by atoms with Crippen LogP contribution in [0.15, 0.2) is 11.1 Å². The van der Waals surface area contributed by atoms with Crippen LogP contribution in [0.3, 0.4) is 0 Å². The van der Waals surface area contributed by atoms with Gasteiger partial charge in [0.05, 0.1) is 23.4 Å². The summed E-state index contributed by atoms with van der Waals surface area (Å²) >= 11 is 0. The fourth-order valence-corrected chi connectivity index (χ4v) is 3.70. The predicted octanol–water partition coefficient (Wildman–Crippen LogP) is 2.12. The second kappa shape index (κ2) is 3.41. The second-order valence-electron chi connectivity index (χ2n) is 6.83. The number of hydrogen-bond donors (Lipinski definition) is 0. The topological polar surface area (TPSA) is 51.4 Å². The third-order valence-corrected chi connectivity index (χ3v) is 5.40. The zero-order chi connectivity index (χ0) is 13.4. The van der Waals surface area contributed by atoms with Gasteiger partial charge in [-0.1, -0.05) is 0 Å². The molecule has 0 radical (unpaired) electrons. The minimum Gasteiger partial charge on any atom is -0.454 e. The fourth-order valence-electron chi connectivity index (χ4n) is 3.70. The van der Waals surface area contributed by atoms with Gasteiger partial charge in [0.25, 0.3) is 0 Å². The third kappa shape index (κ3) is 1.69. The monoisotopic (exact) mass is 264 g/mol. The van der Waals surface area contributed by atoms with Crippen molar-refractivity contribution in [3.8, 4) is 0 Å². The van der Waals surface area contributed by atoms with Gasteiger partial charge in [0.1, 0.15) is 6.10 Å². The number of carbonyl (C=O) groups is 1. The number of hydrogen-bond acceptors (Lipinski definition) is 4. The maximum absolute atomic E-state index is 11.8. The average molecular weight is 264 g/mol. The smallest absolute Gasteiger partial charge is 0.334 e. The number of epoxide rings is 2. The highest BCUT2D eigenvalue weighted by molar-refractivity contribution is 5.91. The maximum Gasteiger partial charge on any atom is 0.334 e. The molecular formula is C15H20O4. The molecule has 104 valence electrons. The Morgan fingerprint density at radius 1 is 1.16 bits per heavy atom. The fraction of sp³-hybridized carbons (Fsp3) is 0.800. The van der Waals surface area contributed by atoms with Crippen LogP contribution in [0.1, 0.15) is 46.5 Å². The largest absolute Gasteiger partial charge is 0.454 e. The van der Waals surface area contributed by atoms with Gasteiger partial charge in [-0.2, -0.15) is 0 Å². The molecule has 0 unspecified atom stereocenters. The number of esters is 1. The zero-order valence-electron chi connectivity index (χ0n) is 11.7. The normalized spacial score (nSPS) is 51.9. The molecular weight excluding hydrogens is 244 g/mol. The van der Waals surface area contributed by atoms with Gasteiger partial charge in [0.15, 0.2) is 0 Å². The zero-order valence-corrected chi connectivity index (χ0v) is 11.7. The molecule has 0 N–H and O–H groups in total. The van der Waals surface area contributed by atoms with Gasteiger partial charge in [-0.25, -0.2) is 4.79 Å². The van der Waals surface area contributed by atoms with E-state index in [4.69, 9.17) is 14.2 Å². The molecule has 2 saturated heterocycles. The number of carbonyl (C=O) groups excluding carboxylic acids is 1. The minimum atomic E-state index is -0.164. The van der Waals surface area contributed by atoms with Gasteiger partial charge in [-0.15, -0.1) is 0 Å². The minimum absolute atomic E-state index is 0.0202. The first-order valence-corrected chi connectivity index (χ1v) is 7.18. The van der Waals surface area contributed by atoms with E-state index in [9.17, 15) is 4.79 Å². The summed E-state index contributed by atoms with van der Waals surface area (Å²) in [6, 6.07) is 0. The lowest BCUT2D eigenvalue weighted by molar-refractivity contribution is -0.140. The first-order chi connectivity index (χ1) is 8.91. The Balaban J connectivity index is 1.66. The van der Waals surface area contributed by atoms with Crippen LogP contribution in [0.2, 0.25) is 0 Å². The van der Waals surface area contributed by atoms with Crippen LogP contribution in [-0.2, 0) is 19.0 Å². The van der Waals surface area contributed by atoms with Crippen molar-refractivity contribution in [2.24, 2.45) is 0 Å². The summed E-state index contributed by atoms with van der Waals surface area (Å²) in [6.45, 7) is 6.17. The Morgan fingerprint density at radius 2 is 1.89 bits per heavy atom. The Labute approximate surface area is 113 Å². The van der Waals surface area contributed by atoms with Crippen molar-refractivity contribution in [2.45, 2.75) is 76.0 Å². The molecule has 5 atom stereocenters. The number of fused-ring (bicyclic) bond motifs is 3. The molecule has 0 aromatic heterocycles. The molecule has 3 fully saturated rings. The average Bonchev–Trinajstić information content (AvgIpc) is 3.15. The van der Waals surface area contributed by atoms with E-state index in [1.54, 1.807) is 0 Å².